The number of hydrogen-bond acceptors (Lipinski definition) is 7. The summed E-state index contributed by atoms with van der Waals surface area (Å²) in [6, 6.07) is 8.30. The Morgan fingerprint density at radius 1 is 1.19 bits per heavy atom. The number of benzene rings is 1. The van der Waals surface area contributed by atoms with Crippen LogP contribution in [-0.2, 0) is 14.8 Å². The van der Waals surface area contributed by atoms with Gasteiger partial charge in [-0.25, -0.2) is 8.42 Å². The van der Waals surface area contributed by atoms with E-state index >= 15 is 0 Å². The molecule has 164 valence electrons. The van der Waals surface area contributed by atoms with Crippen molar-refractivity contribution in [3.8, 4) is 11.5 Å². The third-order valence-electron chi connectivity index (χ3n) is 5.03. The molecule has 1 aliphatic rings. The van der Waals surface area contributed by atoms with Crippen molar-refractivity contribution in [2.45, 2.75) is 24.7 Å². The zero-order chi connectivity index (χ0) is 22.2. The van der Waals surface area contributed by atoms with Crippen LogP contribution in [0.2, 0.25) is 8.67 Å². The third kappa shape index (κ3) is 4.78. The van der Waals surface area contributed by atoms with Gasteiger partial charge in [0.15, 0.2) is 0 Å². The highest BCUT2D eigenvalue weighted by atomic mass is 35.5. The molecule has 8 nitrogen and oxygen atoms in total. The van der Waals surface area contributed by atoms with E-state index in [0.717, 1.165) is 5.56 Å². The van der Waals surface area contributed by atoms with Gasteiger partial charge < -0.3 is 4.42 Å². The van der Waals surface area contributed by atoms with Gasteiger partial charge in [-0.2, -0.15) is 4.31 Å². The number of aryl methyl sites for hydroxylation is 1. The van der Waals surface area contributed by atoms with Gasteiger partial charge in [-0.05, 0) is 38.0 Å². The van der Waals surface area contributed by atoms with E-state index in [-0.39, 0.29) is 41.7 Å². The first kappa shape index (κ1) is 22.2. The fraction of sp³-hybridized carbons (Fsp3) is 0.316. The molecule has 0 radical (unpaired) electrons. The number of nitrogens with one attached hydrogen (secondary N) is 1. The second kappa shape index (κ2) is 8.87. The van der Waals surface area contributed by atoms with Crippen LogP contribution >= 0.6 is 34.5 Å². The average Bonchev–Trinajstić information content (AvgIpc) is 3.33. The lowest BCUT2D eigenvalue weighted by atomic mass is 9.97. The Morgan fingerprint density at radius 2 is 1.87 bits per heavy atom. The van der Waals surface area contributed by atoms with Gasteiger partial charge in [-0.3, -0.25) is 10.1 Å². The summed E-state index contributed by atoms with van der Waals surface area (Å²) in [7, 11) is -3.58. The number of piperidine rings is 1. The number of amides is 1. The van der Waals surface area contributed by atoms with Crippen LogP contribution in [0.3, 0.4) is 0 Å². The van der Waals surface area contributed by atoms with Crippen LogP contribution in [0.1, 0.15) is 18.4 Å². The Balaban J connectivity index is 1.37. The molecule has 1 amide bonds. The Morgan fingerprint density at radius 3 is 2.48 bits per heavy atom. The molecule has 0 atom stereocenters. The molecule has 0 unspecified atom stereocenters. The predicted molar refractivity (Wildman–Crippen MR) is 119 cm³/mol. The van der Waals surface area contributed by atoms with E-state index in [1.807, 2.05) is 6.92 Å². The smallest absolute Gasteiger partial charge is 0.322 e. The fourth-order valence-corrected chi connectivity index (χ4v) is 6.21. The van der Waals surface area contributed by atoms with Crippen molar-refractivity contribution >= 4 is 56.5 Å². The number of carbonyl (C=O) groups is 1. The minimum Gasteiger partial charge on any atom is -0.403 e. The molecule has 1 saturated heterocycles. The average molecular weight is 501 g/mol. The molecule has 0 saturated carbocycles. The maximum absolute atomic E-state index is 12.8. The maximum atomic E-state index is 12.8. The van der Waals surface area contributed by atoms with Crippen LogP contribution in [0.5, 0.6) is 0 Å². The summed E-state index contributed by atoms with van der Waals surface area (Å²) in [5, 5.41) is 10.3. The second-order valence-corrected chi connectivity index (χ2v) is 11.4. The molecule has 3 heterocycles. The first-order valence-electron chi connectivity index (χ1n) is 9.40. The van der Waals surface area contributed by atoms with Gasteiger partial charge in [0.1, 0.15) is 4.34 Å². The van der Waals surface area contributed by atoms with Crippen LogP contribution in [0.4, 0.5) is 6.01 Å². The summed E-state index contributed by atoms with van der Waals surface area (Å²) in [5.41, 5.74) is 1.49. The van der Waals surface area contributed by atoms with Gasteiger partial charge in [0.25, 0.3) is 5.89 Å². The normalized spacial score (nSPS) is 15.8. The number of carbonyl (C=O) groups excluding carboxylic acids is 1. The molecule has 0 spiro atoms. The molecular weight excluding hydrogens is 483 g/mol. The molecule has 12 heteroatoms. The minimum atomic E-state index is -3.58. The van der Waals surface area contributed by atoms with Gasteiger partial charge in [0, 0.05) is 19.0 Å². The summed E-state index contributed by atoms with van der Waals surface area (Å²) >= 11 is 13.2. The Labute approximate surface area is 193 Å². The van der Waals surface area contributed by atoms with E-state index in [1.165, 1.54) is 15.6 Å². The van der Waals surface area contributed by atoms with Crippen LogP contribution in [0.15, 0.2) is 39.6 Å². The molecule has 1 aliphatic heterocycles. The quantitative estimate of drug-likeness (QED) is 0.554. The van der Waals surface area contributed by atoms with Crippen LogP contribution < -0.4 is 5.32 Å². The molecule has 1 fully saturated rings. The molecule has 31 heavy (non-hydrogen) atoms. The lowest BCUT2D eigenvalue weighted by molar-refractivity contribution is -0.121. The van der Waals surface area contributed by atoms with Crippen LogP contribution in [0.25, 0.3) is 11.5 Å². The van der Waals surface area contributed by atoms with Crippen molar-refractivity contribution in [3.63, 3.8) is 0 Å². The highest BCUT2D eigenvalue weighted by Crippen LogP contribution is 2.38. The van der Waals surface area contributed by atoms with Crippen molar-refractivity contribution in [1.29, 1.82) is 0 Å². The molecule has 0 aliphatic carbocycles. The summed E-state index contributed by atoms with van der Waals surface area (Å²) in [5.74, 6) is -0.501. The first-order valence-corrected chi connectivity index (χ1v) is 12.4. The van der Waals surface area contributed by atoms with Gasteiger partial charge in [-0.1, -0.05) is 46.0 Å². The van der Waals surface area contributed by atoms with Crippen LogP contribution in [0, 0.1) is 12.8 Å². The van der Waals surface area contributed by atoms with Gasteiger partial charge in [0.2, 0.25) is 15.9 Å². The van der Waals surface area contributed by atoms with Crippen molar-refractivity contribution in [1.82, 2.24) is 14.5 Å². The monoisotopic (exact) mass is 500 g/mol. The summed E-state index contributed by atoms with van der Waals surface area (Å²) in [4.78, 5) is 12.9. The van der Waals surface area contributed by atoms with E-state index in [1.54, 1.807) is 30.3 Å². The second-order valence-electron chi connectivity index (χ2n) is 7.13. The number of rotatable bonds is 5. The van der Waals surface area contributed by atoms with Crippen molar-refractivity contribution < 1.29 is 17.6 Å². The van der Waals surface area contributed by atoms with Crippen molar-refractivity contribution in [2.24, 2.45) is 5.92 Å². The molecule has 1 aromatic carbocycles. The molecule has 1 N–H and O–H groups in total. The lowest BCUT2D eigenvalue weighted by Crippen LogP contribution is -2.41. The van der Waals surface area contributed by atoms with Gasteiger partial charge in [-0.15, -0.1) is 16.4 Å². The van der Waals surface area contributed by atoms with Crippen LogP contribution in [-0.4, -0.2) is 41.9 Å². The predicted octanol–water partition coefficient (Wildman–Crippen LogP) is 4.45. The molecular formula is C19H18Cl2N4O4S2. The van der Waals surface area contributed by atoms with Crippen molar-refractivity contribution in [2.75, 3.05) is 18.4 Å². The highest BCUT2D eigenvalue weighted by Gasteiger charge is 2.32. The van der Waals surface area contributed by atoms with E-state index in [4.69, 9.17) is 27.6 Å². The number of nitrogens with zero attached hydrogens (tertiary/aromatic N) is 3. The zero-order valence-electron chi connectivity index (χ0n) is 16.3. The number of sulfonamides is 1. The zero-order valence-corrected chi connectivity index (χ0v) is 19.5. The standard InChI is InChI=1S/C19H18Cl2N4O4S2/c1-11-2-4-13(5-3-11)31(27,28)25-8-6-12(7-9-25)17(26)22-19-24-23-18(29-19)14-10-15(20)30-16(14)21/h2-5,10,12H,6-9H2,1H3,(H,22,24,26). The van der Waals surface area contributed by atoms with Gasteiger partial charge >= 0.3 is 6.01 Å². The summed E-state index contributed by atoms with van der Waals surface area (Å²) in [6.07, 6.45) is 0.785. The summed E-state index contributed by atoms with van der Waals surface area (Å²) in [6.45, 7) is 2.41. The number of hydrogen-bond donors (Lipinski definition) is 1. The third-order valence-corrected chi connectivity index (χ3v) is 8.43. The molecule has 2 aromatic heterocycles. The fourth-order valence-electron chi connectivity index (χ4n) is 3.29. The minimum absolute atomic E-state index is 0.0481. The topological polar surface area (TPSA) is 105 Å². The Bertz CT molecular complexity index is 1200. The SMILES string of the molecule is Cc1ccc(S(=O)(=O)N2CCC(C(=O)Nc3nnc(-c4cc(Cl)sc4Cl)o3)CC2)cc1. The summed E-state index contributed by atoms with van der Waals surface area (Å²) < 4.78 is 33.4. The van der Waals surface area contributed by atoms with E-state index < -0.39 is 10.0 Å². The van der Waals surface area contributed by atoms with E-state index in [2.05, 4.69) is 15.5 Å². The molecule has 3 aromatic rings. The number of thiophene rings is 1. The van der Waals surface area contributed by atoms with Gasteiger partial charge in [0.05, 0.1) is 14.8 Å². The Hall–Kier alpha value is -1.98. The Kier molecular flexibility index (Phi) is 6.36. The van der Waals surface area contributed by atoms with E-state index in [9.17, 15) is 13.2 Å². The first-order chi connectivity index (χ1) is 14.7. The lowest BCUT2D eigenvalue weighted by Gasteiger charge is -2.30. The molecule has 4 rings (SSSR count). The maximum Gasteiger partial charge on any atom is 0.322 e. The van der Waals surface area contributed by atoms with Crippen molar-refractivity contribution in [3.05, 3.63) is 44.6 Å². The number of halogens is 2. The van der Waals surface area contributed by atoms with E-state index in [0.29, 0.717) is 27.1 Å². The number of anilines is 1. The molecule has 0 bridgehead atoms. The largest absolute Gasteiger partial charge is 0.403 e. The number of aromatic nitrogens is 2. The highest BCUT2D eigenvalue weighted by molar-refractivity contribution is 7.89.